The van der Waals surface area contributed by atoms with E-state index < -0.39 is 5.91 Å². The molecule has 27 heavy (non-hydrogen) atoms. The second-order valence-electron chi connectivity index (χ2n) is 6.38. The van der Waals surface area contributed by atoms with Gasteiger partial charge in [0.05, 0.1) is 5.75 Å². The van der Waals surface area contributed by atoms with Crippen molar-refractivity contribution in [3.8, 4) is 0 Å². The van der Waals surface area contributed by atoms with Crippen molar-refractivity contribution in [3.63, 3.8) is 0 Å². The Morgan fingerprint density at radius 1 is 1.11 bits per heavy atom. The van der Waals surface area contributed by atoms with Crippen LogP contribution in [0.25, 0.3) is 0 Å². The monoisotopic (exact) mass is 408 g/mol. The summed E-state index contributed by atoms with van der Waals surface area (Å²) in [6, 6.07) is 5.75. The van der Waals surface area contributed by atoms with Crippen molar-refractivity contribution in [2.75, 3.05) is 11.1 Å². The van der Waals surface area contributed by atoms with Crippen molar-refractivity contribution in [1.82, 2.24) is 15.5 Å². The Balaban J connectivity index is 1.46. The largest absolute Gasteiger partial charge is 0.353 e. The van der Waals surface area contributed by atoms with Crippen molar-refractivity contribution in [1.29, 1.82) is 0 Å². The Morgan fingerprint density at radius 3 is 2.52 bits per heavy atom. The summed E-state index contributed by atoms with van der Waals surface area (Å²) in [5.41, 5.74) is 0.480. The molecule has 0 saturated heterocycles. The molecule has 1 saturated carbocycles. The van der Waals surface area contributed by atoms with Crippen molar-refractivity contribution in [2.45, 2.75) is 48.9 Å². The molecule has 2 amide bonds. The van der Waals surface area contributed by atoms with E-state index >= 15 is 0 Å². The summed E-state index contributed by atoms with van der Waals surface area (Å²) in [5.74, 6) is -0.539. The first-order valence-corrected chi connectivity index (χ1v) is 10.7. The molecule has 0 bridgehead atoms. The molecule has 1 aromatic heterocycles. The summed E-state index contributed by atoms with van der Waals surface area (Å²) in [7, 11) is 0. The molecule has 144 valence electrons. The minimum atomic E-state index is -0.408. The third-order valence-electron chi connectivity index (χ3n) is 4.25. The minimum Gasteiger partial charge on any atom is -0.353 e. The maximum atomic E-state index is 12.9. The number of carbonyl (C=O) groups is 2. The summed E-state index contributed by atoms with van der Waals surface area (Å²) >= 11 is 2.40. The quantitative estimate of drug-likeness (QED) is 0.560. The number of amides is 2. The van der Waals surface area contributed by atoms with Crippen LogP contribution in [0.15, 0.2) is 28.6 Å². The van der Waals surface area contributed by atoms with Crippen LogP contribution in [0.3, 0.4) is 0 Å². The van der Waals surface area contributed by atoms with Crippen LogP contribution in [0.1, 0.15) is 48.3 Å². The number of rotatable bonds is 6. The Labute approximate surface area is 165 Å². The van der Waals surface area contributed by atoms with Crippen LogP contribution < -0.4 is 10.6 Å². The highest BCUT2D eigenvalue weighted by Gasteiger charge is 2.17. The van der Waals surface area contributed by atoms with E-state index in [0.717, 1.165) is 24.2 Å². The zero-order chi connectivity index (χ0) is 19.1. The van der Waals surface area contributed by atoms with Crippen LogP contribution in [0.4, 0.5) is 10.1 Å². The first-order chi connectivity index (χ1) is 13.1. The molecule has 2 aromatic rings. The number of aromatic nitrogens is 2. The lowest BCUT2D eigenvalue weighted by atomic mass is 10.1. The average Bonchev–Trinajstić information content (AvgIpc) is 2.99. The molecule has 3 rings (SSSR count). The van der Waals surface area contributed by atoms with Gasteiger partial charge in [0.15, 0.2) is 4.34 Å². The molecule has 0 atom stereocenters. The van der Waals surface area contributed by atoms with Crippen LogP contribution in [0.2, 0.25) is 0 Å². The topological polar surface area (TPSA) is 84.0 Å². The molecule has 0 unspecified atom stereocenters. The van der Waals surface area contributed by atoms with Crippen molar-refractivity contribution in [3.05, 3.63) is 35.1 Å². The van der Waals surface area contributed by atoms with E-state index in [1.165, 1.54) is 61.7 Å². The van der Waals surface area contributed by atoms with Gasteiger partial charge >= 0.3 is 0 Å². The first-order valence-electron chi connectivity index (χ1n) is 8.93. The van der Waals surface area contributed by atoms with Gasteiger partial charge in [0.1, 0.15) is 5.82 Å². The maximum absolute atomic E-state index is 12.9. The Morgan fingerprint density at radius 2 is 1.81 bits per heavy atom. The Kier molecular flexibility index (Phi) is 7.17. The van der Waals surface area contributed by atoms with Gasteiger partial charge in [-0.1, -0.05) is 48.8 Å². The van der Waals surface area contributed by atoms with Crippen molar-refractivity contribution < 1.29 is 14.0 Å². The molecule has 2 N–H and O–H groups in total. The lowest BCUT2D eigenvalue weighted by Crippen LogP contribution is -2.35. The van der Waals surface area contributed by atoms with Crippen LogP contribution >= 0.6 is 23.1 Å². The predicted octanol–water partition coefficient (Wildman–Crippen LogP) is 3.86. The summed E-state index contributed by atoms with van der Waals surface area (Å²) in [6.45, 7) is 0. The third kappa shape index (κ3) is 6.28. The molecule has 1 aliphatic carbocycles. The number of thioether (sulfide) groups is 1. The zero-order valence-electron chi connectivity index (χ0n) is 14.7. The van der Waals surface area contributed by atoms with E-state index in [9.17, 15) is 14.0 Å². The van der Waals surface area contributed by atoms with Crippen LogP contribution in [-0.2, 0) is 4.79 Å². The standard InChI is InChI=1S/C18H21FN4O2S2/c19-12-7-9-14(10-8-12)21-16(25)17-22-23-18(27-17)26-11-15(24)20-13-5-3-1-2-4-6-13/h7-10,13H,1-6,11H2,(H,20,24)(H,21,25). The van der Waals surface area contributed by atoms with Crippen LogP contribution in [0.5, 0.6) is 0 Å². The van der Waals surface area contributed by atoms with Gasteiger partial charge in [0.25, 0.3) is 5.91 Å². The fourth-order valence-corrected chi connectivity index (χ4v) is 4.46. The summed E-state index contributed by atoms with van der Waals surface area (Å²) < 4.78 is 13.5. The number of halogens is 1. The molecule has 0 radical (unpaired) electrons. The van der Waals surface area contributed by atoms with E-state index in [0.29, 0.717) is 10.0 Å². The number of hydrogen-bond acceptors (Lipinski definition) is 6. The average molecular weight is 409 g/mol. The van der Waals surface area contributed by atoms with Gasteiger partial charge in [-0.25, -0.2) is 4.39 Å². The van der Waals surface area contributed by atoms with E-state index in [1.807, 2.05) is 0 Å². The van der Waals surface area contributed by atoms with Gasteiger partial charge in [-0.3, -0.25) is 9.59 Å². The second kappa shape index (κ2) is 9.80. The van der Waals surface area contributed by atoms with E-state index in [4.69, 9.17) is 0 Å². The van der Waals surface area contributed by atoms with E-state index in [-0.39, 0.29) is 28.5 Å². The summed E-state index contributed by atoms with van der Waals surface area (Å²) in [4.78, 5) is 24.3. The molecule has 1 aliphatic rings. The van der Waals surface area contributed by atoms with Gasteiger partial charge in [-0.2, -0.15) is 0 Å². The predicted molar refractivity (Wildman–Crippen MR) is 105 cm³/mol. The number of nitrogens with one attached hydrogen (secondary N) is 2. The van der Waals surface area contributed by atoms with E-state index in [2.05, 4.69) is 20.8 Å². The molecule has 9 heteroatoms. The first kappa shape index (κ1) is 19.8. The van der Waals surface area contributed by atoms with Gasteiger partial charge in [0, 0.05) is 11.7 Å². The molecular weight excluding hydrogens is 387 g/mol. The van der Waals surface area contributed by atoms with Gasteiger partial charge in [-0.15, -0.1) is 10.2 Å². The minimum absolute atomic E-state index is 0.0144. The third-order valence-corrected chi connectivity index (χ3v) is 6.31. The lowest BCUT2D eigenvalue weighted by Gasteiger charge is -2.15. The molecule has 1 fully saturated rings. The van der Waals surface area contributed by atoms with E-state index in [1.54, 1.807) is 0 Å². The normalized spacial score (nSPS) is 15.1. The number of benzene rings is 1. The van der Waals surface area contributed by atoms with Gasteiger partial charge in [-0.05, 0) is 37.1 Å². The highest BCUT2D eigenvalue weighted by Crippen LogP contribution is 2.23. The number of carbonyl (C=O) groups excluding carboxylic acids is 2. The van der Waals surface area contributed by atoms with Crippen LogP contribution in [-0.4, -0.2) is 33.8 Å². The van der Waals surface area contributed by atoms with Crippen LogP contribution in [0, 0.1) is 5.82 Å². The fraction of sp³-hybridized carbons (Fsp3) is 0.444. The SMILES string of the molecule is O=C(CSc1nnc(C(=O)Nc2ccc(F)cc2)s1)NC1CCCCCC1. The molecular formula is C18H21FN4O2S2. The number of anilines is 1. The molecule has 0 aliphatic heterocycles. The summed E-state index contributed by atoms with van der Waals surface area (Å²) in [5, 5.41) is 13.7. The second-order valence-corrected chi connectivity index (χ2v) is 8.58. The fourth-order valence-electron chi connectivity index (χ4n) is 2.90. The van der Waals surface area contributed by atoms with Gasteiger partial charge in [0.2, 0.25) is 10.9 Å². The highest BCUT2D eigenvalue weighted by molar-refractivity contribution is 8.01. The highest BCUT2D eigenvalue weighted by atomic mass is 32.2. The molecule has 0 spiro atoms. The lowest BCUT2D eigenvalue weighted by molar-refractivity contribution is -0.119. The zero-order valence-corrected chi connectivity index (χ0v) is 16.4. The van der Waals surface area contributed by atoms with Crippen molar-refractivity contribution >= 4 is 40.6 Å². The Bertz CT molecular complexity index is 774. The van der Waals surface area contributed by atoms with Gasteiger partial charge < -0.3 is 10.6 Å². The molecule has 1 heterocycles. The maximum Gasteiger partial charge on any atom is 0.286 e. The molecule has 1 aromatic carbocycles. The number of hydrogen-bond donors (Lipinski definition) is 2. The summed E-state index contributed by atoms with van der Waals surface area (Å²) in [6.07, 6.45) is 6.91. The number of nitrogens with zero attached hydrogens (tertiary/aromatic N) is 2. The van der Waals surface area contributed by atoms with Crippen molar-refractivity contribution in [2.24, 2.45) is 0 Å². The Hall–Kier alpha value is -2.00. The smallest absolute Gasteiger partial charge is 0.286 e. The molecule has 6 nitrogen and oxygen atoms in total.